The van der Waals surface area contributed by atoms with E-state index in [2.05, 4.69) is 61.6 Å². The molecule has 2 aromatic rings. The predicted molar refractivity (Wildman–Crippen MR) is 86.4 cm³/mol. The Bertz CT molecular complexity index is 524. The van der Waals surface area contributed by atoms with Crippen molar-refractivity contribution in [3.63, 3.8) is 0 Å². The lowest BCUT2D eigenvalue weighted by Gasteiger charge is -2.11. The largest absolute Gasteiger partial charge is 0.494 e. The van der Waals surface area contributed by atoms with Gasteiger partial charge in [-0.3, -0.25) is 0 Å². The molecule has 1 N–H and O–H groups in total. The molecule has 0 aliphatic heterocycles. The fraction of sp³-hybridized carbons (Fsp3) is 0.444. The first-order valence-corrected chi connectivity index (χ1v) is 7.64. The van der Waals surface area contributed by atoms with E-state index in [4.69, 9.17) is 4.74 Å². The molecule has 0 aliphatic carbocycles. The minimum absolute atomic E-state index is 0.622. The summed E-state index contributed by atoms with van der Waals surface area (Å²) in [6.45, 7) is 6.31. The van der Waals surface area contributed by atoms with Crippen LogP contribution >= 0.6 is 0 Å². The number of unbranched alkanes of at least 4 members (excludes halogenated alkanes) is 1. The maximum Gasteiger partial charge on any atom is 0.119 e. The number of hydrogen-bond acceptors (Lipinski definition) is 2. The molecule has 0 spiro atoms. The molecule has 0 radical (unpaired) electrons. The van der Waals surface area contributed by atoms with Crippen LogP contribution in [0.15, 0.2) is 42.5 Å². The zero-order valence-electron chi connectivity index (χ0n) is 12.6. The third-order valence-electron chi connectivity index (χ3n) is 3.67. The Kier molecular flexibility index (Phi) is 5.87. The molecule has 108 valence electrons. The molecule has 2 heteroatoms. The number of hydrogen-bond donors (Lipinski definition) is 1. The molecule has 0 fully saturated rings. The van der Waals surface area contributed by atoms with Crippen LogP contribution in [0, 0.1) is 0 Å². The van der Waals surface area contributed by atoms with E-state index in [1.807, 2.05) is 0 Å². The van der Waals surface area contributed by atoms with Crippen LogP contribution in [0.2, 0.25) is 0 Å². The quantitative estimate of drug-likeness (QED) is 0.719. The number of nitrogens with one attached hydrogen (secondary N) is 1. The highest BCUT2D eigenvalue weighted by molar-refractivity contribution is 5.83. The maximum atomic E-state index is 5.82. The Morgan fingerprint density at radius 3 is 2.65 bits per heavy atom. The molecule has 0 unspecified atom stereocenters. The molecular weight excluding hydrogens is 246 g/mol. The minimum Gasteiger partial charge on any atom is -0.494 e. The second-order valence-electron chi connectivity index (χ2n) is 5.33. The number of ether oxygens (including phenoxy) is 1. The van der Waals surface area contributed by atoms with Crippen LogP contribution in [0.5, 0.6) is 5.75 Å². The Labute approximate surface area is 122 Å². The van der Waals surface area contributed by atoms with Gasteiger partial charge in [0.15, 0.2) is 0 Å². The van der Waals surface area contributed by atoms with E-state index >= 15 is 0 Å². The van der Waals surface area contributed by atoms with Crippen LogP contribution in [0.25, 0.3) is 10.8 Å². The van der Waals surface area contributed by atoms with Crippen molar-refractivity contribution in [3.05, 3.63) is 42.5 Å². The molecule has 2 nitrogen and oxygen atoms in total. The molecule has 0 heterocycles. The molecule has 0 saturated heterocycles. The van der Waals surface area contributed by atoms with Gasteiger partial charge in [-0.1, -0.05) is 37.3 Å². The van der Waals surface area contributed by atoms with Gasteiger partial charge in [-0.25, -0.2) is 0 Å². The summed E-state index contributed by atoms with van der Waals surface area (Å²) in [5.74, 6) is 0.971. The van der Waals surface area contributed by atoms with E-state index < -0.39 is 0 Å². The molecular formula is C18H25NO. The third-order valence-corrected chi connectivity index (χ3v) is 3.67. The summed E-state index contributed by atoms with van der Waals surface area (Å²) in [7, 11) is 0. The summed E-state index contributed by atoms with van der Waals surface area (Å²) >= 11 is 0. The van der Waals surface area contributed by atoms with Crippen molar-refractivity contribution >= 4 is 10.8 Å². The molecule has 1 atom stereocenters. The zero-order valence-corrected chi connectivity index (χ0v) is 12.6. The topological polar surface area (TPSA) is 21.3 Å². The monoisotopic (exact) mass is 271 g/mol. The number of benzene rings is 2. The first-order valence-electron chi connectivity index (χ1n) is 7.64. The summed E-state index contributed by atoms with van der Waals surface area (Å²) in [5.41, 5.74) is 0. The Balaban J connectivity index is 1.70. The van der Waals surface area contributed by atoms with Crippen molar-refractivity contribution in [1.29, 1.82) is 0 Å². The molecule has 2 aromatic carbocycles. The van der Waals surface area contributed by atoms with E-state index in [9.17, 15) is 0 Å². The average molecular weight is 271 g/mol. The highest BCUT2D eigenvalue weighted by Gasteiger charge is 1.98. The second kappa shape index (κ2) is 7.91. The highest BCUT2D eigenvalue weighted by atomic mass is 16.5. The van der Waals surface area contributed by atoms with Crippen LogP contribution in [-0.2, 0) is 0 Å². The van der Waals surface area contributed by atoms with Gasteiger partial charge in [-0.15, -0.1) is 0 Å². The third kappa shape index (κ3) is 4.53. The maximum absolute atomic E-state index is 5.82. The van der Waals surface area contributed by atoms with Gasteiger partial charge in [0.1, 0.15) is 5.75 Å². The van der Waals surface area contributed by atoms with Gasteiger partial charge >= 0.3 is 0 Å². The van der Waals surface area contributed by atoms with Crippen LogP contribution in [-0.4, -0.2) is 19.2 Å². The highest BCUT2D eigenvalue weighted by Crippen LogP contribution is 2.20. The molecule has 0 bridgehead atoms. The summed E-state index contributed by atoms with van der Waals surface area (Å²) < 4.78 is 5.82. The SMILES string of the molecule is CC[C@H](C)NCCCCOc1ccc2ccccc2c1. The summed E-state index contributed by atoms with van der Waals surface area (Å²) in [5, 5.41) is 6.00. The van der Waals surface area contributed by atoms with Gasteiger partial charge in [0.2, 0.25) is 0 Å². The summed E-state index contributed by atoms with van der Waals surface area (Å²) in [6, 6.07) is 15.3. The van der Waals surface area contributed by atoms with Crippen molar-refractivity contribution in [2.24, 2.45) is 0 Å². The number of rotatable bonds is 8. The van der Waals surface area contributed by atoms with Gasteiger partial charge in [0.25, 0.3) is 0 Å². The first-order chi connectivity index (χ1) is 9.79. The Morgan fingerprint density at radius 2 is 1.85 bits per heavy atom. The normalized spacial score (nSPS) is 12.5. The van der Waals surface area contributed by atoms with E-state index in [0.717, 1.165) is 31.7 Å². The Morgan fingerprint density at radius 1 is 1.05 bits per heavy atom. The number of fused-ring (bicyclic) bond motifs is 1. The first kappa shape index (κ1) is 14.9. The van der Waals surface area contributed by atoms with E-state index in [-0.39, 0.29) is 0 Å². The fourth-order valence-electron chi connectivity index (χ4n) is 2.17. The predicted octanol–water partition coefficient (Wildman–Crippen LogP) is 4.39. The lowest BCUT2D eigenvalue weighted by atomic mass is 10.1. The van der Waals surface area contributed by atoms with Crippen LogP contribution in [0.4, 0.5) is 0 Å². The lowest BCUT2D eigenvalue weighted by molar-refractivity contribution is 0.305. The molecule has 0 saturated carbocycles. The summed E-state index contributed by atoms with van der Waals surface area (Å²) in [6.07, 6.45) is 3.45. The molecule has 0 amide bonds. The average Bonchev–Trinajstić information content (AvgIpc) is 2.50. The van der Waals surface area contributed by atoms with Crippen LogP contribution in [0.3, 0.4) is 0 Å². The standard InChI is InChI=1S/C18H25NO/c1-3-15(2)19-12-6-7-13-20-18-11-10-16-8-4-5-9-17(16)14-18/h4-5,8-11,14-15,19H,3,6-7,12-13H2,1-2H3/t15-/m0/s1. The van der Waals surface area contributed by atoms with Gasteiger partial charge in [0, 0.05) is 6.04 Å². The lowest BCUT2D eigenvalue weighted by Crippen LogP contribution is -2.26. The van der Waals surface area contributed by atoms with E-state index in [1.54, 1.807) is 0 Å². The summed E-state index contributed by atoms with van der Waals surface area (Å²) in [4.78, 5) is 0. The van der Waals surface area contributed by atoms with Crippen LogP contribution < -0.4 is 10.1 Å². The van der Waals surface area contributed by atoms with Crippen molar-refractivity contribution in [2.45, 2.75) is 39.2 Å². The minimum atomic E-state index is 0.622. The van der Waals surface area contributed by atoms with Crippen molar-refractivity contribution < 1.29 is 4.74 Å². The fourth-order valence-corrected chi connectivity index (χ4v) is 2.17. The molecule has 0 aromatic heterocycles. The van der Waals surface area contributed by atoms with Crippen molar-refractivity contribution in [1.82, 2.24) is 5.32 Å². The Hall–Kier alpha value is -1.54. The smallest absolute Gasteiger partial charge is 0.119 e. The van der Waals surface area contributed by atoms with Gasteiger partial charge in [-0.05, 0) is 55.6 Å². The van der Waals surface area contributed by atoms with Gasteiger partial charge < -0.3 is 10.1 Å². The molecule has 20 heavy (non-hydrogen) atoms. The molecule has 2 rings (SSSR count). The van der Waals surface area contributed by atoms with Gasteiger partial charge in [0.05, 0.1) is 6.61 Å². The van der Waals surface area contributed by atoms with E-state index in [0.29, 0.717) is 6.04 Å². The van der Waals surface area contributed by atoms with Crippen molar-refractivity contribution in [2.75, 3.05) is 13.2 Å². The van der Waals surface area contributed by atoms with Gasteiger partial charge in [-0.2, -0.15) is 0 Å². The second-order valence-corrected chi connectivity index (χ2v) is 5.33. The van der Waals surface area contributed by atoms with Crippen LogP contribution in [0.1, 0.15) is 33.1 Å². The van der Waals surface area contributed by atoms with Crippen molar-refractivity contribution in [3.8, 4) is 5.75 Å². The zero-order chi connectivity index (χ0) is 14.2. The molecule has 0 aliphatic rings. The van der Waals surface area contributed by atoms with E-state index in [1.165, 1.54) is 17.2 Å².